The Bertz CT molecular complexity index is 1470. The first kappa shape index (κ1) is 21.5. The van der Waals surface area contributed by atoms with Gasteiger partial charge in [-0.15, -0.1) is 5.10 Å². The maximum Gasteiger partial charge on any atom is 0.333 e. The van der Waals surface area contributed by atoms with Crippen molar-refractivity contribution in [2.45, 2.75) is 26.3 Å². The summed E-state index contributed by atoms with van der Waals surface area (Å²) in [5.41, 5.74) is 4.79. The number of hydrogen-bond acceptors (Lipinski definition) is 4. The van der Waals surface area contributed by atoms with E-state index in [2.05, 4.69) is 27.5 Å². The Kier molecular flexibility index (Phi) is 5.86. The molecule has 0 spiro atoms. The highest BCUT2D eigenvalue weighted by Gasteiger charge is 2.15. The van der Waals surface area contributed by atoms with Gasteiger partial charge in [0.2, 0.25) is 0 Å². The van der Waals surface area contributed by atoms with Gasteiger partial charge in [0.1, 0.15) is 5.82 Å². The quantitative estimate of drug-likeness (QED) is 0.389. The van der Waals surface area contributed by atoms with Crippen LogP contribution in [0.5, 0.6) is 0 Å². The number of H-pyrrole nitrogens is 1. The first-order valence-electron chi connectivity index (χ1n) is 11.1. The Morgan fingerprint density at radius 3 is 2.38 bits per heavy atom. The summed E-state index contributed by atoms with van der Waals surface area (Å²) in [4.78, 5) is 13.2. The molecule has 3 aromatic carbocycles. The van der Waals surface area contributed by atoms with Crippen LogP contribution in [0.2, 0.25) is 0 Å². The Labute approximate surface area is 195 Å². The van der Waals surface area contributed by atoms with Gasteiger partial charge in [0.25, 0.3) is 0 Å². The standard InChI is InChI=1S/C26H23FN6O/c1-2-7-20-17-33(24-11-6-5-10-23(24)27)26(34)32(20)16-18-12-14-19(15-13-18)21-8-3-4-9-22(21)25-28-30-31-29-25/h3-6,8-15,17H,2,7,16H2,1H3,(H,28,29,30,31). The van der Waals surface area contributed by atoms with Gasteiger partial charge in [-0.05, 0) is 45.7 Å². The molecule has 0 unspecified atom stereocenters. The lowest BCUT2D eigenvalue weighted by atomic mass is 9.98. The number of hydrogen-bond donors (Lipinski definition) is 1. The summed E-state index contributed by atoms with van der Waals surface area (Å²) in [7, 11) is 0. The lowest BCUT2D eigenvalue weighted by Crippen LogP contribution is -2.25. The number of para-hydroxylation sites is 1. The summed E-state index contributed by atoms with van der Waals surface area (Å²) >= 11 is 0. The minimum atomic E-state index is -0.422. The second-order valence-electron chi connectivity index (χ2n) is 8.05. The number of aromatic nitrogens is 6. The van der Waals surface area contributed by atoms with Crippen molar-refractivity contribution in [3.8, 4) is 28.2 Å². The Hall–Kier alpha value is -4.33. The smallest absolute Gasteiger partial charge is 0.292 e. The first-order valence-corrected chi connectivity index (χ1v) is 11.1. The fourth-order valence-electron chi connectivity index (χ4n) is 4.16. The van der Waals surface area contributed by atoms with Gasteiger partial charge < -0.3 is 0 Å². The summed E-state index contributed by atoms with van der Waals surface area (Å²) in [5, 5.41) is 14.2. The van der Waals surface area contributed by atoms with Crippen molar-refractivity contribution in [3.05, 3.63) is 107 Å². The molecule has 0 atom stereocenters. The highest BCUT2D eigenvalue weighted by Crippen LogP contribution is 2.29. The van der Waals surface area contributed by atoms with Crippen LogP contribution in [0, 0.1) is 5.82 Å². The van der Waals surface area contributed by atoms with Crippen LogP contribution in [0.1, 0.15) is 24.6 Å². The van der Waals surface area contributed by atoms with Crippen LogP contribution in [0.4, 0.5) is 4.39 Å². The summed E-state index contributed by atoms with van der Waals surface area (Å²) in [6, 6.07) is 22.3. The average Bonchev–Trinajstić information content (AvgIpc) is 3.50. The molecule has 0 aliphatic rings. The maximum atomic E-state index is 14.4. The topological polar surface area (TPSA) is 81.4 Å². The summed E-state index contributed by atoms with van der Waals surface area (Å²) < 4.78 is 17.5. The molecule has 0 bridgehead atoms. The van der Waals surface area contributed by atoms with Crippen molar-refractivity contribution in [1.82, 2.24) is 29.8 Å². The molecule has 7 nitrogen and oxygen atoms in total. The lowest BCUT2D eigenvalue weighted by Gasteiger charge is -2.10. The number of nitrogens with zero attached hydrogens (tertiary/aromatic N) is 5. The molecule has 170 valence electrons. The normalized spacial score (nSPS) is 11.1. The molecule has 8 heteroatoms. The van der Waals surface area contributed by atoms with Crippen molar-refractivity contribution in [1.29, 1.82) is 0 Å². The SMILES string of the molecule is CCCc1cn(-c2ccccc2F)c(=O)n1Cc1ccc(-c2ccccc2-c2nnn[nH]2)cc1. The number of halogens is 1. The molecule has 0 saturated heterocycles. The van der Waals surface area contributed by atoms with Gasteiger partial charge in [0.15, 0.2) is 5.82 Å². The van der Waals surface area contributed by atoms with Gasteiger partial charge in [0.05, 0.1) is 12.2 Å². The van der Waals surface area contributed by atoms with Crippen LogP contribution in [0.3, 0.4) is 0 Å². The molecule has 2 aromatic heterocycles. The molecule has 1 N–H and O–H groups in total. The van der Waals surface area contributed by atoms with E-state index in [4.69, 9.17) is 0 Å². The number of aryl methyl sites for hydroxylation is 1. The number of rotatable bonds is 7. The van der Waals surface area contributed by atoms with Crippen LogP contribution in [-0.2, 0) is 13.0 Å². The molecule has 5 rings (SSSR count). The lowest BCUT2D eigenvalue weighted by molar-refractivity contribution is 0.613. The molecule has 0 aliphatic carbocycles. The average molecular weight is 455 g/mol. The second kappa shape index (κ2) is 9.27. The predicted octanol–water partition coefficient (Wildman–Crippen LogP) is 4.63. The highest BCUT2D eigenvalue weighted by molar-refractivity contribution is 5.80. The molecule has 34 heavy (non-hydrogen) atoms. The van der Waals surface area contributed by atoms with Crippen molar-refractivity contribution in [2.75, 3.05) is 0 Å². The highest BCUT2D eigenvalue weighted by atomic mass is 19.1. The van der Waals surface area contributed by atoms with Gasteiger partial charge in [-0.2, -0.15) is 0 Å². The number of nitrogens with one attached hydrogen (secondary N) is 1. The van der Waals surface area contributed by atoms with E-state index >= 15 is 0 Å². The zero-order valence-corrected chi connectivity index (χ0v) is 18.6. The molecular formula is C26H23FN6O. The predicted molar refractivity (Wildman–Crippen MR) is 128 cm³/mol. The largest absolute Gasteiger partial charge is 0.333 e. The Morgan fingerprint density at radius 1 is 0.941 bits per heavy atom. The van der Waals surface area contributed by atoms with Gasteiger partial charge in [-0.3, -0.25) is 9.13 Å². The molecular weight excluding hydrogens is 431 g/mol. The van der Waals surface area contributed by atoms with E-state index in [1.807, 2.05) is 48.5 Å². The molecule has 5 aromatic rings. The molecule has 0 saturated carbocycles. The Balaban J connectivity index is 1.48. The summed E-state index contributed by atoms with van der Waals surface area (Å²) in [6.45, 7) is 2.47. The number of aromatic amines is 1. The van der Waals surface area contributed by atoms with E-state index in [1.54, 1.807) is 29.0 Å². The van der Waals surface area contributed by atoms with Crippen LogP contribution in [0.25, 0.3) is 28.2 Å². The van der Waals surface area contributed by atoms with E-state index in [9.17, 15) is 9.18 Å². The third kappa shape index (κ3) is 4.05. The van der Waals surface area contributed by atoms with E-state index in [1.165, 1.54) is 10.6 Å². The molecule has 2 heterocycles. The van der Waals surface area contributed by atoms with Crippen LogP contribution >= 0.6 is 0 Å². The second-order valence-corrected chi connectivity index (χ2v) is 8.05. The summed E-state index contributed by atoms with van der Waals surface area (Å²) in [5.74, 6) is 0.180. The number of benzene rings is 3. The Morgan fingerprint density at radius 2 is 1.68 bits per heavy atom. The zero-order valence-electron chi connectivity index (χ0n) is 18.6. The minimum Gasteiger partial charge on any atom is -0.292 e. The number of imidazole rings is 1. The molecule has 0 fully saturated rings. The zero-order chi connectivity index (χ0) is 23.5. The van der Waals surface area contributed by atoms with Crippen LogP contribution < -0.4 is 5.69 Å². The van der Waals surface area contributed by atoms with E-state index < -0.39 is 5.82 Å². The monoisotopic (exact) mass is 454 g/mol. The van der Waals surface area contributed by atoms with Crippen LogP contribution in [-0.4, -0.2) is 29.8 Å². The van der Waals surface area contributed by atoms with E-state index in [-0.39, 0.29) is 11.4 Å². The molecule has 0 aliphatic heterocycles. The van der Waals surface area contributed by atoms with Crippen molar-refractivity contribution >= 4 is 0 Å². The minimum absolute atomic E-state index is 0.249. The van der Waals surface area contributed by atoms with Crippen LogP contribution in [0.15, 0.2) is 83.8 Å². The van der Waals surface area contributed by atoms with Crippen molar-refractivity contribution < 1.29 is 4.39 Å². The van der Waals surface area contributed by atoms with Gasteiger partial charge in [-0.1, -0.05) is 74.0 Å². The maximum absolute atomic E-state index is 14.4. The number of tetrazole rings is 1. The first-order chi connectivity index (χ1) is 16.7. The molecule has 0 radical (unpaired) electrons. The fraction of sp³-hybridized carbons (Fsp3) is 0.154. The van der Waals surface area contributed by atoms with Crippen molar-refractivity contribution in [3.63, 3.8) is 0 Å². The van der Waals surface area contributed by atoms with E-state index in [0.717, 1.165) is 40.8 Å². The third-order valence-electron chi connectivity index (χ3n) is 5.81. The van der Waals surface area contributed by atoms with Gasteiger partial charge in [0, 0.05) is 17.5 Å². The third-order valence-corrected chi connectivity index (χ3v) is 5.81. The van der Waals surface area contributed by atoms with Gasteiger partial charge >= 0.3 is 5.69 Å². The van der Waals surface area contributed by atoms with Gasteiger partial charge in [-0.25, -0.2) is 14.3 Å². The summed E-state index contributed by atoms with van der Waals surface area (Å²) in [6.07, 6.45) is 3.36. The van der Waals surface area contributed by atoms with E-state index in [0.29, 0.717) is 12.4 Å². The molecule has 0 amide bonds. The fourth-order valence-corrected chi connectivity index (χ4v) is 4.16. The van der Waals surface area contributed by atoms with Crippen molar-refractivity contribution in [2.24, 2.45) is 0 Å².